The van der Waals surface area contributed by atoms with Crippen LogP contribution in [0.3, 0.4) is 0 Å². The van der Waals surface area contributed by atoms with Gasteiger partial charge in [-0.05, 0) is 57.6 Å². The van der Waals surface area contributed by atoms with Gasteiger partial charge in [0, 0.05) is 49.4 Å². The van der Waals surface area contributed by atoms with Crippen molar-refractivity contribution in [3.05, 3.63) is 103 Å². The van der Waals surface area contributed by atoms with E-state index in [4.69, 9.17) is 5.73 Å². The fraction of sp³-hybridized carbons (Fsp3) is 0.429. The first kappa shape index (κ1) is 34.8. The Bertz CT molecular complexity index is 728. The van der Waals surface area contributed by atoms with Gasteiger partial charge < -0.3 is 21.5 Å². The van der Waals surface area contributed by atoms with Crippen molar-refractivity contribution in [1.82, 2.24) is 15.2 Å². The molecule has 1 aromatic carbocycles. The second kappa shape index (κ2) is 20.9. The van der Waals surface area contributed by atoms with Crippen LogP contribution in [0.25, 0.3) is 5.43 Å². The molecule has 2 rings (SSSR count). The molecule has 0 radical (unpaired) electrons. The van der Waals surface area contributed by atoms with E-state index in [-0.39, 0.29) is 37.3 Å². The van der Waals surface area contributed by atoms with Crippen LogP contribution >= 0.6 is 0 Å². The summed E-state index contributed by atoms with van der Waals surface area (Å²) >= 11 is 0. The molecule has 0 saturated carbocycles. The van der Waals surface area contributed by atoms with E-state index in [1.54, 1.807) is 17.2 Å². The van der Waals surface area contributed by atoms with Gasteiger partial charge in [0.25, 0.3) is 0 Å². The SMILES string of the molecule is C=C/C=C(\C=C)CNC(=C)C1CCCN1C.C=CC(N)[N-]N(C)C.CC(C)c1ccccc1.[U]. The summed E-state index contributed by atoms with van der Waals surface area (Å²) < 4.78 is 0. The molecule has 34 heavy (non-hydrogen) atoms. The molecule has 3 N–H and O–H groups in total. The zero-order chi connectivity index (χ0) is 25.2. The Labute approximate surface area is 233 Å². The predicted octanol–water partition coefficient (Wildman–Crippen LogP) is 5.60. The first-order chi connectivity index (χ1) is 15.7. The maximum Gasteiger partial charge on any atom is 0.0486 e. The van der Waals surface area contributed by atoms with Crippen molar-refractivity contribution in [1.29, 1.82) is 0 Å². The summed E-state index contributed by atoms with van der Waals surface area (Å²) in [6.07, 6.45) is 9.38. The summed E-state index contributed by atoms with van der Waals surface area (Å²) in [5.74, 6) is 0.659. The summed E-state index contributed by atoms with van der Waals surface area (Å²) in [4.78, 5) is 2.35. The van der Waals surface area contributed by atoms with Gasteiger partial charge in [-0.3, -0.25) is 4.90 Å². The number of nitrogens with two attached hydrogens (primary N) is 1. The van der Waals surface area contributed by atoms with E-state index < -0.39 is 0 Å². The van der Waals surface area contributed by atoms with Crippen LogP contribution in [0.5, 0.6) is 0 Å². The minimum Gasteiger partial charge on any atom is -0.577 e. The van der Waals surface area contributed by atoms with E-state index in [2.05, 4.69) is 87.1 Å². The fourth-order valence-corrected chi connectivity index (χ4v) is 3.19. The maximum atomic E-state index is 5.35. The second-order valence-corrected chi connectivity index (χ2v) is 8.45. The predicted molar refractivity (Wildman–Crippen MR) is 147 cm³/mol. The van der Waals surface area contributed by atoms with Crippen LogP contribution in [0, 0.1) is 31.1 Å². The average Bonchev–Trinajstić information content (AvgIpc) is 3.23. The molecule has 1 fully saturated rings. The van der Waals surface area contributed by atoms with Crippen molar-refractivity contribution in [3.63, 3.8) is 0 Å². The van der Waals surface area contributed by atoms with E-state index in [9.17, 15) is 0 Å². The second-order valence-electron chi connectivity index (χ2n) is 8.45. The van der Waals surface area contributed by atoms with E-state index in [0.717, 1.165) is 17.8 Å². The Hall–Kier alpha value is -1.39. The zero-order valence-electron chi connectivity index (χ0n) is 22.0. The van der Waals surface area contributed by atoms with Crippen molar-refractivity contribution < 1.29 is 31.1 Å². The van der Waals surface area contributed by atoms with E-state index in [1.807, 2.05) is 32.3 Å². The molecule has 1 heterocycles. The van der Waals surface area contributed by atoms with Gasteiger partial charge >= 0.3 is 0 Å². The first-order valence-corrected chi connectivity index (χ1v) is 11.5. The Morgan fingerprint density at radius 3 is 2.21 bits per heavy atom. The summed E-state index contributed by atoms with van der Waals surface area (Å²) in [6, 6.07) is 11.0. The summed E-state index contributed by atoms with van der Waals surface area (Å²) in [5.41, 5.74) is 12.9. The number of benzene rings is 1. The molecule has 1 aliphatic rings. The minimum absolute atomic E-state index is 0. The molecule has 6 heteroatoms. The molecule has 1 aliphatic heterocycles. The average molecular weight is 691 g/mol. The molecule has 2 unspecified atom stereocenters. The molecule has 0 aromatic heterocycles. The Morgan fingerprint density at radius 1 is 1.24 bits per heavy atom. The normalized spacial score (nSPS) is 16.2. The molecule has 0 aliphatic carbocycles. The number of allylic oxidation sites excluding steroid dienone is 2. The van der Waals surface area contributed by atoms with Crippen LogP contribution in [0.15, 0.2) is 92.2 Å². The summed E-state index contributed by atoms with van der Waals surface area (Å²) in [6.45, 7) is 21.4. The van der Waals surface area contributed by atoms with Gasteiger partial charge in [0.2, 0.25) is 0 Å². The third-order valence-electron chi connectivity index (χ3n) is 5.11. The van der Waals surface area contributed by atoms with Crippen LogP contribution in [-0.4, -0.2) is 56.3 Å². The number of likely N-dealkylation sites (N-methyl/N-ethyl adjacent to an activating group) is 1. The van der Waals surface area contributed by atoms with Crippen molar-refractivity contribution in [2.24, 2.45) is 5.73 Å². The Morgan fingerprint density at radius 2 is 1.85 bits per heavy atom. The first-order valence-electron chi connectivity index (χ1n) is 11.5. The smallest absolute Gasteiger partial charge is 0.0486 e. The van der Waals surface area contributed by atoms with Crippen molar-refractivity contribution in [2.75, 3.05) is 34.2 Å². The molecular weight excluding hydrogens is 644 g/mol. The van der Waals surface area contributed by atoms with E-state index >= 15 is 0 Å². The number of likely N-dealkylation sites (tertiary alicyclic amines) is 1. The molecular formula is C28H46N5U-. The van der Waals surface area contributed by atoms with Gasteiger partial charge in [0.05, 0.1) is 0 Å². The van der Waals surface area contributed by atoms with Gasteiger partial charge in [-0.25, -0.2) is 0 Å². The van der Waals surface area contributed by atoms with Crippen molar-refractivity contribution in [3.8, 4) is 0 Å². The molecule has 0 amide bonds. The number of hydrogen-bond acceptors (Lipinski definition) is 4. The summed E-state index contributed by atoms with van der Waals surface area (Å²) in [7, 11) is 5.80. The van der Waals surface area contributed by atoms with E-state index in [1.165, 1.54) is 24.9 Å². The van der Waals surface area contributed by atoms with Gasteiger partial charge in [0.15, 0.2) is 0 Å². The monoisotopic (exact) mass is 690 g/mol. The quantitative estimate of drug-likeness (QED) is 0.191. The third kappa shape index (κ3) is 16.3. The number of nitrogens with one attached hydrogen (secondary N) is 1. The standard InChI is InChI=1S/C14H22N2.C9H12.C5H12N3.U/c1-5-8-13(6-2)11-15-12(3)14-9-7-10-16(14)4;1-8(2)9-6-4-3-5-7-9;1-4-5(6)7-8(2)3;/h5-6,8,14-15H,1-3,7,9-11H2,4H3;3-8H,1-2H3;4-5H,1,6H2,2-3H3;/q;;-1;/b13-8+;;;. The largest absolute Gasteiger partial charge is 0.577 e. The van der Waals surface area contributed by atoms with E-state index in [0.29, 0.717) is 12.0 Å². The topological polar surface area (TPSA) is 58.6 Å². The maximum absolute atomic E-state index is 5.35. The zero-order valence-corrected chi connectivity index (χ0v) is 26.2. The molecule has 5 nitrogen and oxygen atoms in total. The van der Waals surface area contributed by atoms with Gasteiger partial charge in [-0.1, -0.05) is 94.4 Å². The van der Waals surface area contributed by atoms with Crippen LogP contribution in [0.2, 0.25) is 0 Å². The van der Waals surface area contributed by atoms with Crippen LogP contribution < -0.4 is 11.1 Å². The van der Waals surface area contributed by atoms with Crippen LogP contribution in [0.4, 0.5) is 0 Å². The molecule has 0 spiro atoms. The molecule has 0 bridgehead atoms. The fourth-order valence-electron chi connectivity index (χ4n) is 3.19. The molecule has 1 saturated heterocycles. The molecule has 188 valence electrons. The Kier molecular flexibility index (Phi) is 21.4. The van der Waals surface area contributed by atoms with Gasteiger partial charge in [-0.15, -0.1) is 6.58 Å². The van der Waals surface area contributed by atoms with Crippen molar-refractivity contribution in [2.45, 2.75) is 44.8 Å². The number of rotatable bonds is 10. The molecule has 1 aromatic rings. The Balaban J connectivity index is 0. The van der Waals surface area contributed by atoms with Gasteiger partial charge in [-0.2, -0.15) is 0 Å². The number of hydrogen-bond donors (Lipinski definition) is 2. The van der Waals surface area contributed by atoms with Crippen LogP contribution in [-0.2, 0) is 0 Å². The number of nitrogens with zero attached hydrogens (tertiary/aromatic N) is 3. The molecule has 2 atom stereocenters. The van der Waals surface area contributed by atoms with Crippen LogP contribution in [0.1, 0.15) is 38.2 Å². The third-order valence-corrected chi connectivity index (χ3v) is 5.11. The van der Waals surface area contributed by atoms with Gasteiger partial charge in [0.1, 0.15) is 0 Å². The minimum atomic E-state index is -0.259. The van der Waals surface area contributed by atoms with Crippen molar-refractivity contribution >= 4 is 0 Å². The summed E-state index contributed by atoms with van der Waals surface area (Å²) in [5, 5.41) is 5.03.